The van der Waals surface area contributed by atoms with Crippen molar-refractivity contribution >= 4 is 15.7 Å². The van der Waals surface area contributed by atoms with Crippen LogP contribution in [0.25, 0.3) is 0 Å². The van der Waals surface area contributed by atoms with Crippen molar-refractivity contribution in [3.8, 4) is 0 Å². The van der Waals surface area contributed by atoms with Crippen molar-refractivity contribution in [1.29, 1.82) is 0 Å². The predicted molar refractivity (Wildman–Crippen MR) is 86.0 cm³/mol. The summed E-state index contributed by atoms with van der Waals surface area (Å²) < 4.78 is 50.8. The van der Waals surface area contributed by atoms with E-state index in [0.717, 1.165) is 18.9 Å². The number of hydrogen-bond acceptors (Lipinski definition) is 3. The molecule has 7 heteroatoms. The summed E-state index contributed by atoms with van der Waals surface area (Å²) in [7, 11) is -3.04. The van der Waals surface area contributed by atoms with Crippen LogP contribution < -0.4 is 0 Å². The Balaban J connectivity index is 1.82. The minimum atomic E-state index is -3.04. The molecule has 2 aliphatic rings. The number of benzene rings is 1. The quantitative estimate of drug-likeness (QED) is 0.818. The molecule has 4 nitrogen and oxygen atoms in total. The number of rotatable bonds is 2. The highest BCUT2D eigenvalue weighted by Crippen LogP contribution is 2.35. The van der Waals surface area contributed by atoms with Crippen LogP contribution in [-0.2, 0) is 14.6 Å². The summed E-state index contributed by atoms with van der Waals surface area (Å²) in [6.07, 6.45) is 2.90. The second kappa shape index (κ2) is 6.78. The molecule has 2 fully saturated rings. The second-order valence-corrected chi connectivity index (χ2v) is 8.92. The topological polar surface area (TPSA) is 54.5 Å². The maximum absolute atomic E-state index is 14.2. The van der Waals surface area contributed by atoms with Crippen molar-refractivity contribution in [2.24, 2.45) is 5.92 Å². The SMILES string of the molecule is O=C(C1CCS(=O)(=O)CC1)N1CCCCC1c1cccc(F)c1F. The van der Waals surface area contributed by atoms with Gasteiger partial charge in [0, 0.05) is 18.0 Å². The fourth-order valence-electron chi connectivity index (χ4n) is 3.67. The summed E-state index contributed by atoms with van der Waals surface area (Å²) in [5.41, 5.74) is 0.214. The molecule has 1 unspecified atom stereocenters. The molecule has 1 amide bonds. The molecule has 3 rings (SSSR count). The van der Waals surface area contributed by atoms with Crippen molar-refractivity contribution in [2.45, 2.75) is 38.1 Å². The molecule has 0 aromatic heterocycles. The lowest BCUT2D eigenvalue weighted by atomic mass is 9.91. The van der Waals surface area contributed by atoms with Gasteiger partial charge in [-0.25, -0.2) is 17.2 Å². The van der Waals surface area contributed by atoms with Gasteiger partial charge in [-0.2, -0.15) is 0 Å². The molecule has 0 aliphatic carbocycles. The minimum Gasteiger partial charge on any atom is -0.335 e. The maximum Gasteiger partial charge on any atom is 0.226 e. The summed E-state index contributed by atoms with van der Waals surface area (Å²) in [6, 6.07) is 3.58. The van der Waals surface area contributed by atoms with Crippen molar-refractivity contribution in [3.05, 3.63) is 35.4 Å². The van der Waals surface area contributed by atoms with Gasteiger partial charge in [-0.15, -0.1) is 0 Å². The maximum atomic E-state index is 14.2. The molecule has 0 N–H and O–H groups in total. The number of hydrogen-bond donors (Lipinski definition) is 0. The van der Waals surface area contributed by atoms with Crippen LogP contribution in [-0.4, -0.2) is 37.3 Å². The molecular formula is C17H21F2NO3S. The van der Waals surface area contributed by atoms with Crippen LogP contribution in [0.3, 0.4) is 0 Å². The van der Waals surface area contributed by atoms with Crippen molar-refractivity contribution in [1.82, 2.24) is 4.90 Å². The van der Waals surface area contributed by atoms with Crippen LogP contribution >= 0.6 is 0 Å². The number of likely N-dealkylation sites (tertiary alicyclic amines) is 1. The fraction of sp³-hybridized carbons (Fsp3) is 0.588. The van der Waals surface area contributed by atoms with E-state index in [0.29, 0.717) is 25.8 Å². The highest BCUT2D eigenvalue weighted by Gasteiger charge is 2.36. The first kappa shape index (κ1) is 17.3. The van der Waals surface area contributed by atoms with Crippen molar-refractivity contribution in [3.63, 3.8) is 0 Å². The van der Waals surface area contributed by atoms with Gasteiger partial charge in [0.2, 0.25) is 5.91 Å². The zero-order valence-corrected chi connectivity index (χ0v) is 14.2. The minimum absolute atomic E-state index is 0.0240. The highest BCUT2D eigenvalue weighted by molar-refractivity contribution is 7.91. The van der Waals surface area contributed by atoms with Gasteiger partial charge in [-0.1, -0.05) is 12.1 Å². The Kier molecular flexibility index (Phi) is 4.90. The lowest BCUT2D eigenvalue weighted by Gasteiger charge is -2.39. The third-order valence-electron chi connectivity index (χ3n) is 5.03. The number of amides is 1. The van der Waals surface area contributed by atoms with E-state index in [1.807, 2.05) is 0 Å². The van der Waals surface area contributed by atoms with Gasteiger partial charge in [0.25, 0.3) is 0 Å². The molecule has 1 atom stereocenters. The lowest BCUT2D eigenvalue weighted by molar-refractivity contribution is -0.139. The predicted octanol–water partition coefficient (Wildman–Crippen LogP) is 2.84. The van der Waals surface area contributed by atoms with Crippen LogP contribution in [0.5, 0.6) is 0 Å². The molecule has 0 saturated carbocycles. The molecular weight excluding hydrogens is 336 g/mol. The van der Waals surface area contributed by atoms with Crippen LogP contribution in [0.2, 0.25) is 0 Å². The summed E-state index contributed by atoms with van der Waals surface area (Å²) >= 11 is 0. The molecule has 0 radical (unpaired) electrons. The lowest BCUT2D eigenvalue weighted by Crippen LogP contribution is -2.44. The van der Waals surface area contributed by atoms with Gasteiger partial charge >= 0.3 is 0 Å². The largest absolute Gasteiger partial charge is 0.335 e. The summed E-state index contributed by atoms with van der Waals surface area (Å²) in [5, 5.41) is 0. The highest BCUT2D eigenvalue weighted by atomic mass is 32.2. The standard InChI is InChI=1S/C17H21F2NO3S/c18-14-5-3-4-13(16(14)19)15-6-1-2-9-20(15)17(21)12-7-10-24(22,23)11-8-12/h3-5,12,15H,1-2,6-11H2. The Morgan fingerprint density at radius 2 is 1.79 bits per heavy atom. The fourth-order valence-corrected chi connectivity index (χ4v) is 5.16. The first-order chi connectivity index (χ1) is 11.4. The Labute approximate surface area is 140 Å². The van der Waals surface area contributed by atoms with Crippen molar-refractivity contribution < 1.29 is 22.0 Å². The van der Waals surface area contributed by atoms with Gasteiger partial charge < -0.3 is 4.90 Å². The molecule has 0 spiro atoms. The van der Waals surface area contributed by atoms with Crippen LogP contribution in [0.15, 0.2) is 18.2 Å². The Morgan fingerprint density at radius 1 is 1.08 bits per heavy atom. The van der Waals surface area contributed by atoms with E-state index >= 15 is 0 Å². The van der Waals surface area contributed by atoms with E-state index < -0.39 is 27.5 Å². The van der Waals surface area contributed by atoms with Gasteiger partial charge in [-0.3, -0.25) is 4.79 Å². The van der Waals surface area contributed by atoms with E-state index in [9.17, 15) is 22.0 Å². The summed E-state index contributed by atoms with van der Waals surface area (Å²) in [6.45, 7) is 0.503. The van der Waals surface area contributed by atoms with E-state index in [4.69, 9.17) is 0 Å². The van der Waals surface area contributed by atoms with Gasteiger partial charge in [0.15, 0.2) is 11.6 Å². The molecule has 2 saturated heterocycles. The first-order valence-corrected chi connectivity index (χ1v) is 10.2. The Hall–Kier alpha value is -1.50. The summed E-state index contributed by atoms with van der Waals surface area (Å²) in [5.74, 6) is -2.22. The summed E-state index contributed by atoms with van der Waals surface area (Å²) in [4.78, 5) is 14.5. The van der Waals surface area contributed by atoms with E-state index in [-0.39, 0.29) is 28.9 Å². The molecule has 0 bridgehead atoms. The van der Waals surface area contributed by atoms with E-state index in [1.165, 1.54) is 12.1 Å². The zero-order chi connectivity index (χ0) is 17.3. The number of carbonyl (C=O) groups excluding carboxylic acids is 1. The third-order valence-corrected chi connectivity index (χ3v) is 6.75. The molecule has 1 aromatic carbocycles. The number of carbonyl (C=O) groups is 1. The second-order valence-electron chi connectivity index (χ2n) is 6.61. The Morgan fingerprint density at radius 3 is 2.50 bits per heavy atom. The average molecular weight is 357 g/mol. The van der Waals surface area contributed by atoms with E-state index in [2.05, 4.69) is 0 Å². The molecule has 24 heavy (non-hydrogen) atoms. The number of piperidine rings is 1. The smallest absolute Gasteiger partial charge is 0.226 e. The van der Waals surface area contributed by atoms with Crippen LogP contribution in [0.4, 0.5) is 8.78 Å². The zero-order valence-electron chi connectivity index (χ0n) is 13.4. The molecule has 1 aromatic rings. The van der Waals surface area contributed by atoms with Crippen LogP contribution in [0, 0.1) is 17.6 Å². The first-order valence-electron chi connectivity index (χ1n) is 8.34. The van der Waals surface area contributed by atoms with Crippen molar-refractivity contribution in [2.75, 3.05) is 18.1 Å². The molecule has 132 valence electrons. The number of halogens is 2. The van der Waals surface area contributed by atoms with Crippen LogP contribution in [0.1, 0.15) is 43.7 Å². The Bertz CT molecular complexity index is 721. The van der Waals surface area contributed by atoms with Gasteiger partial charge in [0.05, 0.1) is 17.5 Å². The monoisotopic (exact) mass is 357 g/mol. The number of nitrogens with zero attached hydrogens (tertiary/aromatic N) is 1. The third kappa shape index (κ3) is 3.45. The molecule has 2 aliphatic heterocycles. The normalized spacial score (nSPS) is 24.8. The molecule has 2 heterocycles. The average Bonchev–Trinajstić information content (AvgIpc) is 2.57. The number of sulfone groups is 1. The van der Waals surface area contributed by atoms with Gasteiger partial charge in [0.1, 0.15) is 9.84 Å². The van der Waals surface area contributed by atoms with E-state index in [1.54, 1.807) is 4.90 Å². The van der Waals surface area contributed by atoms with Gasteiger partial charge in [-0.05, 0) is 38.2 Å².